The molecule has 112 valence electrons. The van der Waals surface area contributed by atoms with Crippen molar-refractivity contribution in [2.45, 2.75) is 19.4 Å². The largest absolute Gasteiger partial charge is 0.469 e. The highest BCUT2D eigenvalue weighted by Crippen LogP contribution is 2.15. The number of carbonyl (C=O) groups is 4. The first-order valence-electron chi connectivity index (χ1n) is 6.25. The highest BCUT2D eigenvalue weighted by atomic mass is 16.5. The molecule has 0 aromatic rings. The van der Waals surface area contributed by atoms with Gasteiger partial charge in [-0.3, -0.25) is 19.2 Å². The first-order chi connectivity index (χ1) is 9.40. The number of nitrogens with two attached hydrogens (primary N) is 1. The second-order valence-corrected chi connectivity index (χ2v) is 4.55. The molecular formula is C12H19N3O5. The molecule has 0 bridgehead atoms. The third-order valence-electron chi connectivity index (χ3n) is 3.08. The van der Waals surface area contributed by atoms with Crippen molar-refractivity contribution in [3.05, 3.63) is 0 Å². The van der Waals surface area contributed by atoms with Crippen molar-refractivity contribution in [1.82, 2.24) is 9.80 Å². The fourth-order valence-corrected chi connectivity index (χ4v) is 2.12. The van der Waals surface area contributed by atoms with Crippen LogP contribution in [0.15, 0.2) is 0 Å². The Balaban J connectivity index is 2.90. The van der Waals surface area contributed by atoms with E-state index in [0.29, 0.717) is 0 Å². The Kier molecular flexibility index (Phi) is 5.63. The normalized spacial score (nSPS) is 18.9. The average Bonchev–Trinajstić information content (AvgIpc) is 2.41. The van der Waals surface area contributed by atoms with Crippen molar-refractivity contribution >= 4 is 23.6 Å². The number of methoxy groups -OCH3 is 1. The zero-order valence-corrected chi connectivity index (χ0v) is 11.6. The van der Waals surface area contributed by atoms with E-state index in [4.69, 9.17) is 5.73 Å². The lowest BCUT2D eigenvalue weighted by Gasteiger charge is -2.39. The lowest BCUT2D eigenvalue weighted by Crippen LogP contribution is -2.60. The number of nitrogens with zero attached hydrogens (tertiary/aromatic N) is 2. The molecule has 0 aromatic carbocycles. The molecule has 1 atom stereocenters. The van der Waals surface area contributed by atoms with Crippen LogP contribution < -0.4 is 5.73 Å². The summed E-state index contributed by atoms with van der Waals surface area (Å²) >= 11 is 0. The highest BCUT2D eigenvalue weighted by molar-refractivity contribution is 5.94. The Morgan fingerprint density at radius 2 is 2.00 bits per heavy atom. The minimum atomic E-state index is -0.952. The van der Waals surface area contributed by atoms with Crippen LogP contribution in [0.5, 0.6) is 0 Å². The van der Waals surface area contributed by atoms with Crippen molar-refractivity contribution in [2.75, 3.05) is 33.3 Å². The maximum atomic E-state index is 12.3. The summed E-state index contributed by atoms with van der Waals surface area (Å²) in [6.45, 7) is 1.61. The predicted octanol–water partition coefficient (Wildman–Crippen LogP) is -1.86. The molecule has 0 aromatic heterocycles. The van der Waals surface area contributed by atoms with Crippen molar-refractivity contribution in [2.24, 2.45) is 5.73 Å². The van der Waals surface area contributed by atoms with E-state index in [0.717, 1.165) is 0 Å². The third-order valence-corrected chi connectivity index (χ3v) is 3.08. The summed E-state index contributed by atoms with van der Waals surface area (Å²) in [5.74, 6) is -1.59. The van der Waals surface area contributed by atoms with Gasteiger partial charge in [-0.25, -0.2) is 0 Å². The topological polar surface area (TPSA) is 110 Å². The smallest absolute Gasteiger partial charge is 0.308 e. The van der Waals surface area contributed by atoms with Gasteiger partial charge >= 0.3 is 5.97 Å². The highest BCUT2D eigenvalue weighted by Gasteiger charge is 2.38. The van der Waals surface area contributed by atoms with E-state index in [1.54, 1.807) is 0 Å². The number of hydrogen-bond donors (Lipinski definition) is 1. The molecule has 0 aliphatic carbocycles. The lowest BCUT2D eigenvalue weighted by atomic mass is 10.1. The predicted molar refractivity (Wildman–Crippen MR) is 68.4 cm³/mol. The molecule has 1 heterocycles. The maximum Gasteiger partial charge on any atom is 0.308 e. The Morgan fingerprint density at radius 1 is 1.35 bits per heavy atom. The van der Waals surface area contributed by atoms with Gasteiger partial charge in [0.15, 0.2) is 0 Å². The molecule has 1 unspecified atom stereocenters. The van der Waals surface area contributed by atoms with E-state index in [1.807, 2.05) is 0 Å². The Labute approximate surface area is 116 Å². The summed E-state index contributed by atoms with van der Waals surface area (Å²) < 4.78 is 4.53. The lowest BCUT2D eigenvalue weighted by molar-refractivity contribution is -0.156. The molecule has 1 aliphatic rings. The summed E-state index contributed by atoms with van der Waals surface area (Å²) in [7, 11) is 1.21. The molecule has 20 heavy (non-hydrogen) atoms. The van der Waals surface area contributed by atoms with Crippen LogP contribution in [0.4, 0.5) is 0 Å². The van der Waals surface area contributed by atoms with Crippen LogP contribution in [0.1, 0.15) is 13.3 Å². The van der Waals surface area contributed by atoms with E-state index in [1.165, 1.54) is 23.8 Å². The number of piperazine rings is 1. The van der Waals surface area contributed by atoms with E-state index in [2.05, 4.69) is 4.74 Å². The Bertz CT molecular complexity index is 423. The van der Waals surface area contributed by atoms with Crippen molar-refractivity contribution in [3.63, 3.8) is 0 Å². The van der Waals surface area contributed by atoms with Gasteiger partial charge in [-0.2, -0.15) is 0 Å². The molecule has 8 nitrogen and oxygen atoms in total. The summed E-state index contributed by atoms with van der Waals surface area (Å²) in [5.41, 5.74) is 5.30. The number of amides is 2. The van der Waals surface area contributed by atoms with E-state index >= 15 is 0 Å². The molecule has 0 saturated carbocycles. The second kappa shape index (κ2) is 6.99. The zero-order valence-electron chi connectivity index (χ0n) is 11.6. The number of rotatable bonds is 5. The van der Waals surface area contributed by atoms with Crippen LogP contribution in [0, 0.1) is 0 Å². The van der Waals surface area contributed by atoms with Crippen molar-refractivity contribution < 1.29 is 23.9 Å². The summed E-state index contributed by atoms with van der Waals surface area (Å²) in [5, 5.41) is 0. The first-order valence-corrected chi connectivity index (χ1v) is 6.25. The quantitative estimate of drug-likeness (QED) is 0.593. The fourth-order valence-electron chi connectivity index (χ4n) is 2.12. The number of esters is 1. The van der Waals surface area contributed by atoms with Crippen LogP contribution in [0.25, 0.3) is 0 Å². The zero-order chi connectivity index (χ0) is 15.3. The van der Waals surface area contributed by atoms with Crippen LogP contribution >= 0.6 is 0 Å². The van der Waals surface area contributed by atoms with Crippen LogP contribution in [0.2, 0.25) is 0 Å². The van der Waals surface area contributed by atoms with Gasteiger partial charge in [0, 0.05) is 13.1 Å². The summed E-state index contributed by atoms with van der Waals surface area (Å²) in [6, 6.07) is -0.952. The van der Waals surface area contributed by atoms with Gasteiger partial charge in [0.2, 0.25) is 11.8 Å². The maximum absolute atomic E-state index is 12.3. The minimum Gasteiger partial charge on any atom is -0.469 e. The van der Waals surface area contributed by atoms with Crippen LogP contribution in [0.3, 0.4) is 0 Å². The SMILES string of the molecule is COC(=O)CC1C(=O)N(CC(C)=O)CCN1C(=O)CN. The van der Waals surface area contributed by atoms with Crippen molar-refractivity contribution in [1.29, 1.82) is 0 Å². The molecule has 0 radical (unpaired) electrons. The van der Waals surface area contributed by atoms with Gasteiger partial charge < -0.3 is 20.3 Å². The summed E-state index contributed by atoms with van der Waals surface area (Å²) in [6.07, 6.45) is -0.241. The molecule has 8 heteroatoms. The molecular weight excluding hydrogens is 266 g/mol. The fraction of sp³-hybridized carbons (Fsp3) is 0.667. The molecule has 2 amide bonds. The second-order valence-electron chi connectivity index (χ2n) is 4.55. The molecule has 1 rings (SSSR count). The van der Waals surface area contributed by atoms with Gasteiger partial charge in [-0.05, 0) is 6.92 Å². The molecule has 0 spiro atoms. The van der Waals surface area contributed by atoms with Gasteiger partial charge in [0.05, 0.1) is 26.6 Å². The monoisotopic (exact) mass is 285 g/mol. The number of carbonyl (C=O) groups excluding carboxylic acids is 4. The van der Waals surface area contributed by atoms with Gasteiger partial charge in [0.25, 0.3) is 0 Å². The summed E-state index contributed by atoms with van der Waals surface area (Å²) in [4.78, 5) is 49.1. The average molecular weight is 285 g/mol. The Morgan fingerprint density at radius 3 is 2.50 bits per heavy atom. The van der Waals surface area contributed by atoms with Crippen molar-refractivity contribution in [3.8, 4) is 0 Å². The van der Waals surface area contributed by atoms with Gasteiger partial charge in [-0.1, -0.05) is 0 Å². The first kappa shape index (κ1) is 16.1. The molecule has 1 fully saturated rings. The number of hydrogen-bond acceptors (Lipinski definition) is 6. The molecule has 1 saturated heterocycles. The number of ether oxygens (including phenoxy) is 1. The number of ketones is 1. The van der Waals surface area contributed by atoms with Gasteiger partial charge in [-0.15, -0.1) is 0 Å². The molecule has 1 aliphatic heterocycles. The van der Waals surface area contributed by atoms with Crippen LogP contribution in [-0.4, -0.2) is 72.7 Å². The van der Waals surface area contributed by atoms with Crippen LogP contribution in [-0.2, 0) is 23.9 Å². The minimum absolute atomic E-state index is 0.0266. The van der Waals surface area contributed by atoms with E-state index in [9.17, 15) is 19.2 Å². The van der Waals surface area contributed by atoms with Gasteiger partial charge in [0.1, 0.15) is 11.8 Å². The molecule has 2 N–H and O–H groups in total. The van der Waals surface area contributed by atoms with E-state index in [-0.39, 0.29) is 38.4 Å². The third kappa shape index (κ3) is 3.77. The standard InChI is InChI=1S/C12H19N3O5/c1-8(16)7-14-3-4-15(10(17)6-13)9(12(14)19)5-11(18)20-2/h9H,3-7,13H2,1-2H3. The number of Topliss-reactive ketones (excluding diaryl/α,β-unsaturated/α-hetero) is 1. The van der Waals surface area contributed by atoms with E-state index < -0.39 is 23.8 Å². The Hall–Kier alpha value is -1.96.